The lowest BCUT2D eigenvalue weighted by molar-refractivity contribution is -0.0600. The van der Waals surface area contributed by atoms with Gasteiger partial charge < -0.3 is 0 Å². The molecule has 0 spiro atoms. The van der Waals surface area contributed by atoms with Crippen molar-refractivity contribution in [3.05, 3.63) is 58.1 Å². The van der Waals surface area contributed by atoms with Crippen LogP contribution in [0.5, 0.6) is 0 Å². The Morgan fingerprint density at radius 1 is 1.11 bits per heavy atom. The van der Waals surface area contributed by atoms with E-state index in [1.165, 1.54) is 47.5 Å². The van der Waals surface area contributed by atoms with Gasteiger partial charge in [0.05, 0.1) is 21.6 Å². The second kappa shape index (κ2) is 7.00. The number of hydrazone groups is 1. The fourth-order valence-electron chi connectivity index (χ4n) is 2.77. The van der Waals surface area contributed by atoms with Crippen molar-refractivity contribution < 1.29 is 21.6 Å². The molecule has 0 fully saturated rings. The van der Waals surface area contributed by atoms with Crippen molar-refractivity contribution in [2.75, 3.05) is 11.3 Å². The molecule has 2 aromatic rings. The van der Waals surface area contributed by atoms with Gasteiger partial charge in [-0.3, -0.25) is 5.01 Å². The summed E-state index contributed by atoms with van der Waals surface area (Å²) in [5.74, 6) is 0. The predicted octanol–water partition coefficient (Wildman–Crippen LogP) is 5.27. The van der Waals surface area contributed by atoms with E-state index >= 15 is 0 Å². The van der Waals surface area contributed by atoms with Crippen LogP contribution in [0.3, 0.4) is 0 Å². The maximum absolute atomic E-state index is 13.2. The second-order valence-electron chi connectivity index (χ2n) is 6.05. The number of hydrogen-bond acceptors (Lipinski definition) is 4. The highest BCUT2D eigenvalue weighted by Gasteiger charge is 2.44. The lowest BCUT2D eigenvalue weighted by Gasteiger charge is -2.25. The summed E-state index contributed by atoms with van der Waals surface area (Å²) in [4.78, 5) is 0.0808. The Morgan fingerprint density at radius 3 is 2.26 bits per heavy atom. The van der Waals surface area contributed by atoms with Crippen LogP contribution in [-0.2, 0) is 9.84 Å². The van der Waals surface area contributed by atoms with Crippen molar-refractivity contribution in [1.29, 1.82) is 0 Å². The molecule has 2 aromatic carbocycles. The molecule has 1 atom stereocenters. The summed E-state index contributed by atoms with van der Waals surface area (Å²) in [5, 5.41) is 5.42. The van der Waals surface area contributed by atoms with Crippen LogP contribution in [0.4, 0.5) is 18.9 Å². The number of sulfone groups is 1. The summed E-state index contributed by atoms with van der Waals surface area (Å²) in [7, 11) is -3.41. The van der Waals surface area contributed by atoms with E-state index in [1.807, 2.05) is 0 Å². The van der Waals surface area contributed by atoms with Gasteiger partial charge in [0.1, 0.15) is 5.71 Å². The van der Waals surface area contributed by atoms with Crippen LogP contribution in [-0.4, -0.2) is 26.6 Å². The summed E-state index contributed by atoms with van der Waals surface area (Å²) in [5.41, 5.74) is -0.181. The summed E-state index contributed by atoms with van der Waals surface area (Å²) < 4.78 is 62.9. The summed E-state index contributed by atoms with van der Waals surface area (Å²) >= 11 is 12.0. The van der Waals surface area contributed by atoms with Gasteiger partial charge in [0.2, 0.25) is 0 Å². The first kappa shape index (κ1) is 20.0. The Bertz CT molecular complexity index is 1010. The molecule has 3 rings (SSSR count). The molecule has 0 bridgehead atoms. The largest absolute Gasteiger partial charge is 0.431 e. The van der Waals surface area contributed by atoms with E-state index in [2.05, 4.69) is 5.10 Å². The maximum Gasteiger partial charge on any atom is 0.431 e. The molecule has 0 N–H and O–H groups in total. The molecule has 0 radical (unpaired) electrons. The first-order valence-corrected chi connectivity index (χ1v) is 10.3. The molecule has 0 saturated carbocycles. The van der Waals surface area contributed by atoms with E-state index in [0.29, 0.717) is 10.6 Å². The van der Waals surface area contributed by atoms with E-state index in [0.717, 1.165) is 6.26 Å². The normalized spacial score (nSPS) is 17.9. The topological polar surface area (TPSA) is 49.7 Å². The van der Waals surface area contributed by atoms with Gasteiger partial charge >= 0.3 is 6.18 Å². The maximum atomic E-state index is 13.2. The van der Waals surface area contributed by atoms with Crippen LogP contribution in [0.2, 0.25) is 10.0 Å². The highest BCUT2D eigenvalue weighted by molar-refractivity contribution is 7.90. The second-order valence-corrected chi connectivity index (χ2v) is 8.91. The first-order chi connectivity index (χ1) is 12.5. The van der Waals surface area contributed by atoms with E-state index in [-0.39, 0.29) is 22.0 Å². The quantitative estimate of drug-likeness (QED) is 0.658. The zero-order chi connectivity index (χ0) is 20.0. The van der Waals surface area contributed by atoms with Gasteiger partial charge in [0.15, 0.2) is 9.84 Å². The Hall–Kier alpha value is -1.77. The molecule has 4 nitrogen and oxygen atoms in total. The van der Waals surface area contributed by atoms with Gasteiger partial charge in [0, 0.05) is 17.7 Å². The van der Waals surface area contributed by atoms with Crippen molar-refractivity contribution >= 4 is 44.4 Å². The Labute approximate surface area is 164 Å². The summed E-state index contributed by atoms with van der Waals surface area (Å²) in [6, 6.07) is 9.31. The zero-order valence-electron chi connectivity index (χ0n) is 13.8. The van der Waals surface area contributed by atoms with Crippen LogP contribution in [0.1, 0.15) is 18.0 Å². The van der Waals surface area contributed by atoms with E-state index < -0.39 is 27.8 Å². The van der Waals surface area contributed by atoms with E-state index in [9.17, 15) is 21.6 Å². The van der Waals surface area contributed by atoms with Crippen molar-refractivity contribution in [3.63, 3.8) is 0 Å². The number of alkyl halides is 3. The number of benzene rings is 2. The first-order valence-electron chi connectivity index (χ1n) is 7.66. The molecule has 1 aliphatic rings. The lowest BCUT2D eigenvalue weighted by atomic mass is 10.0. The minimum Gasteiger partial charge on any atom is -0.256 e. The van der Waals surface area contributed by atoms with Gasteiger partial charge in [-0.05, 0) is 35.9 Å². The third-order valence-electron chi connectivity index (χ3n) is 4.09. The molecule has 1 aliphatic heterocycles. The smallest absolute Gasteiger partial charge is 0.256 e. The molecular formula is C17H13Cl2F3N2O2S. The van der Waals surface area contributed by atoms with Crippen molar-refractivity contribution in [3.8, 4) is 0 Å². The zero-order valence-corrected chi connectivity index (χ0v) is 16.2. The van der Waals surface area contributed by atoms with E-state index in [1.54, 1.807) is 0 Å². The molecule has 10 heteroatoms. The summed E-state index contributed by atoms with van der Waals surface area (Å²) in [6.07, 6.45) is -3.92. The molecule has 1 heterocycles. The molecule has 0 aliphatic carbocycles. The molecule has 0 amide bonds. The number of rotatable bonds is 3. The Kier molecular flexibility index (Phi) is 5.18. The minimum absolute atomic E-state index is 0.0808. The SMILES string of the molecule is CS(=O)(=O)c1ccc(C2CC(C(F)(F)F)=NN2c2ccc(Cl)cc2Cl)cc1. The van der Waals surface area contributed by atoms with Crippen LogP contribution >= 0.6 is 23.2 Å². The van der Waals surface area contributed by atoms with Gasteiger partial charge in [-0.15, -0.1) is 0 Å². The molecular weight excluding hydrogens is 424 g/mol. The van der Waals surface area contributed by atoms with Crippen molar-refractivity contribution in [2.24, 2.45) is 5.10 Å². The fourth-order valence-corrected chi connectivity index (χ4v) is 3.89. The predicted molar refractivity (Wildman–Crippen MR) is 99.3 cm³/mol. The molecule has 0 aromatic heterocycles. The van der Waals surface area contributed by atoms with Crippen LogP contribution in [0.15, 0.2) is 52.5 Å². The van der Waals surface area contributed by atoms with Crippen molar-refractivity contribution in [1.82, 2.24) is 0 Å². The highest BCUT2D eigenvalue weighted by Crippen LogP contribution is 2.42. The van der Waals surface area contributed by atoms with Gasteiger partial charge in [-0.1, -0.05) is 35.3 Å². The lowest BCUT2D eigenvalue weighted by Crippen LogP contribution is -2.21. The standard InChI is InChI=1S/C17H13Cl2F3N2O2S/c1-27(25,26)12-5-2-10(3-6-12)15-9-16(17(20,21)22)23-24(15)14-7-4-11(18)8-13(14)19/h2-8,15H,9H2,1H3. The van der Waals surface area contributed by atoms with Crippen LogP contribution in [0.25, 0.3) is 0 Å². The number of halogens is 5. The summed E-state index contributed by atoms with van der Waals surface area (Å²) in [6.45, 7) is 0. The number of hydrogen-bond donors (Lipinski definition) is 0. The van der Waals surface area contributed by atoms with Gasteiger partial charge in [-0.25, -0.2) is 8.42 Å². The monoisotopic (exact) mass is 436 g/mol. The highest BCUT2D eigenvalue weighted by atomic mass is 35.5. The Morgan fingerprint density at radius 2 is 1.74 bits per heavy atom. The number of nitrogens with zero attached hydrogens (tertiary/aromatic N) is 2. The third kappa shape index (κ3) is 4.23. The minimum atomic E-state index is -4.58. The van der Waals surface area contributed by atoms with Crippen molar-refractivity contribution in [2.45, 2.75) is 23.5 Å². The average molecular weight is 437 g/mol. The fraction of sp³-hybridized carbons (Fsp3) is 0.235. The van der Waals surface area contributed by atoms with Gasteiger partial charge in [0.25, 0.3) is 0 Å². The molecule has 27 heavy (non-hydrogen) atoms. The average Bonchev–Trinajstić information content (AvgIpc) is 2.99. The van der Waals surface area contributed by atoms with Crippen LogP contribution in [0, 0.1) is 0 Å². The molecule has 1 unspecified atom stereocenters. The third-order valence-corrected chi connectivity index (χ3v) is 5.75. The number of anilines is 1. The Balaban J connectivity index is 2.05. The van der Waals surface area contributed by atoms with Gasteiger partial charge in [-0.2, -0.15) is 18.3 Å². The molecule has 144 valence electrons. The van der Waals surface area contributed by atoms with E-state index in [4.69, 9.17) is 23.2 Å². The molecule has 0 saturated heterocycles. The van der Waals surface area contributed by atoms with Crippen LogP contribution < -0.4 is 5.01 Å².